The van der Waals surface area contributed by atoms with Gasteiger partial charge in [0, 0.05) is 11.6 Å². The van der Waals surface area contributed by atoms with Crippen LogP contribution in [0.1, 0.15) is 60.3 Å². The number of halogens is 1. The first-order chi connectivity index (χ1) is 21.1. The Hall–Kier alpha value is -3.41. The molecule has 1 aliphatic rings. The van der Waals surface area contributed by atoms with E-state index >= 15 is 0 Å². The second-order valence-corrected chi connectivity index (χ2v) is 12.6. The van der Waals surface area contributed by atoms with Gasteiger partial charge in [-0.25, -0.2) is 9.59 Å². The first-order valence-corrected chi connectivity index (χ1v) is 16.3. The van der Waals surface area contributed by atoms with E-state index in [0.29, 0.717) is 15.1 Å². The van der Waals surface area contributed by atoms with Gasteiger partial charge in [-0.15, -0.1) is 11.3 Å². The quantitative estimate of drug-likeness (QED) is 0.202. The summed E-state index contributed by atoms with van der Waals surface area (Å²) in [6, 6.07) is 13.4. The number of carbonyl (C=O) groups excluding carboxylic acids is 3. The second kappa shape index (κ2) is 15.5. The number of methoxy groups -OCH3 is 1. The summed E-state index contributed by atoms with van der Waals surface area (Å²) in [5.74, 6) is -0.344. The van der Waals surface area contributed by atoms with Gasteiger partial charge in [0.15, 0.2) is 23.3 Å². The maximum absolute atomic E-state index is 13.9. The van der Waals surface area contributed by atoms with Gasteiger partial charge in [-0.1, -0.05) is 44.2 Å². The normalized spacial score (nSPS) is 14.2. The Morgan fingerprint density at radius 3 is 2.52 bits per heavy atom. The lowest BCUT2D eigenvalue weighted by atomic mass is 9.91. The number of piperidine rings is 1. The molecule has 1 aliphatic heterocycles. The molecular weight excluding hydrogens is 648 g/mol. The molecule has 2 heterocycles. The Balaban J connectivity index is 1.64. The zero-order chi connectivity index (χ0) is 31.8. The monoisotopic (exact) mass is 686 g/mol. The number of benzene rings is 2. The number of hydrogen-bond donors (Lipinski definition) is 2. The zero-order valence-electron chi connectivity index (χ0n) is 25.7. The molecule has 11 heteroatoms. The maximum atomic E-state index is 13.9. The fourth-order valence-electron chi connectivity index (χ4n) is 5.18. The van der Waals surface area contributed by atoms with Crippen LogP contribution in [0, 0.1) is 12.8 Å². The minimum atomic E-state index is -0.715. The van der Waals surface area contributed by atoms with Crippen molar-refractivity contribution in [2.24, 2.45) is 5.92 Å². The molecule has 236 valence electrons. The van der Waals surface area contributed by atoms with Crippen molar-refractivity contribution in [1.29, 1.82) is 0 Å². The zero-order valence-corrected chi connectivity index (χ0v) is 28.1. The fraction of sp³-hybridized carbons (Fsp3) is 0.424. The molecule has 44 heavy (non-hydrogen) atoms. The Morgan fingerprint density at radius 2 is 1.84 bits per heavy atom. The molecule has 1 amide bonds. The lowest BCUT2D eigenvalue weighted by molar-refractivity contribution is -0.145. The van der Waals surface area contributed by atoms with E-state index < -0.39 is 18.0 Å². The van der Waals surface area contributed by atoms with Crippen LogP contribution >= 0.6 is 27.3 Å². The van der Waals surface area contributed by atoms with Gasteiger partial charge in [-0.3, -0.25) is 4.79 Å². The fourth-order valence-corrected chi connectivity index (χ4v) is 7.14. The van der Waals surface area contributed by atoms with Crippen LogP contribution in [0.25, 0.3) is 10.4 Å². The van der Waals surface area contributed by atoms with E-state index in [1.165, 1.54) is 7.11 Å². The smallest absolute Gasteiger partial charge is 0.351 e. The van der Waals surface area contributed by atoms with Crippen LogP contribution in [-0.2, 0) is 19.1 Å². The van der Waals surface area contributed by atoms with Gasteiger partial charge in [-0.2, -0.15) is 0 Å². The number of thiophene rings is 1. The van der Waals surface area contributed by atoms with Crippen LogP contribution in [0.5, 0.6) is 11.5 Å². The van der Waals surface area contributed by atoms with E-state index in [4.69, 9.17) is 18.9 Å². The van der Waals surface area contributed by atoms with Crippen molar-refractivity contribution in [1.82, 2.24) is 5.32 Å². The summed E-state index contributed by atoms with van der Waals surface area (Å²) in [5, 5.41) is 6.57. The molecule has 0 aliphatic carbocycles. The van der Waals surface area contributed by atoms with Crippen molar-refractivity contribution in [2.45, 2.75) is 52.6 Å². The maximum Gasteiger partial charge on any atom is 0.351 e. The topological polar surface area (TPSA) is 112 Å². The lowest BCUT2D eigenvalue weighted by Gasteiger charge is -2.31. The lowest BCUT2D eigenvalue weighted by Crippen LogP contribution is -2.44. The summed E-state index contributed by atoms with van der Waals surface area (Å²) < 4.78 is 22.6. The Kier molecular flexibility index (Phi) is 11.8. The minimum absolute atomic E-state index is 0.0219. The predicted octanol–water partition coefficient (Wildman–Crippen LogP) is 6.72. The third-order valence-corrected chi connectivity index (χ3v) is 9.64. The van der Waals surface area contributed by atoms with Crippen LogP contribution in [0.2, 0.25) is 0 Å². The number of nitrogens with one attached hydrogen (secondary N) is 2. The van der Waals surface area contributed by atoms with E-state index in [1.54, 1.807) is 6.92 Å². The van der Waals surface area contributed by atoms with Crippen LogP contribution < -0.4 is 20.1 Å². The standard InChI is InChI=1S/C33H39BrN2O7S/c1-6-41-25(37)18-42-29-26(34)30(44-31(29)33(39)40-5)22-10-8-11-23(17-22)43-28(21-13-15-35-16-14-21)32(38)36-27-20(4)9-7-12-24(27)19(2)3/h7-12,17,19,21,28,35H,6,13-16,18H2,1-5H3,(H,36,38). The molecule has 2 aromatic carbocycles. The number of carbonyl (C=O) groups is 3. The molecule has 0 saturated carbocycles. The van der Waals surface area contributed by atoms with Crippen LogP contribution in [0.3, 0.4) is 0 Å². The van der Waals surface area contributed by atoms with Crippen molar-refractivity contribution in [2.75, 3.05) is 38.7 Å². The van der Waals surface area contributed by atoms with E-state index in [1.807, 2.05) is 49.4 Å². The van der Waals surface area contributed by atoms with Crippen LogP contribution in [-0.4, -0.2) is 57.4 Å². The van der Waals surface area contributed by atoms with Crippen molar-refractivity contribution < 1.29 is 33.3 Å². The number of ether oxygens (including phenoxy) is 4. The average Bonchev–Trinajstić information content (AvgIpc) is 3.35. The van der Waals surface area contributed by atoms with Gasteiger partial charge in [0.2, 0.25) is 0 Å². The number of esters is 2. The van der Waals surface area contributed by atoms with Gasteiger partial charge >= 0.3 is 11.9 Å². The van der Waals surface area contributed by atoms with Gasteiger partial charge in [0.05, 0.1) is 23.1 Å². The van der Waals surface area contributed by atoms with Crippen LogP contribution in [0.4, 0.5) is 5.69 Å². The average molecular weight is 688 g/mol. The summed E-state index contributed by atoms with van der Waals surface area (Å²) in [6.45, 7) is 9.40. The number of aryl methyl sites for hydroxylation is 1. The number of amides is 1. The first kappa shape index (κ1) is 33.5. The second-order valence-electron chi connectivity index (χ2n) is 10.8. The molecule has 3 aromatic rings. The molecular formula is C33H39BrN2O7S. The molecule has 0 bridgehead atoms. The highest BCUT2D eigenvalue weighted by Crippen LogP contribution is 2.46. The molecule has 0 spiro atoms. The molecule has 1 aromatic heterocycles. The third kappa shape index (κ3) is 7.99. The van der Waals surface area contributed by atoms with Crippen molar-refractivity contribution in [3.63, 3.8) is 0 Å². The molecule has 0 radical (unpaired) electrons. The number of para-hydroxylation sites is 1. The van der Waals surface area contributed by atoms with E-state index in [2.05, 4.69) is 40.4 Å². The van der Waals surface area contributed by atoms with Crippen molar-refractivity contribution in [3.05, 3.63) is 62.9 Å². The Morgan fingerprint density at radius 1 is 1.11 bits per heavy atom. The molecule has 1 unspecified atom stereocenters. The predicted molar refractivity (Wildman–Crippen MR) is 175 cm³/mol. The summed E-state index contributed by atoms with van der Waals surface area (Å²) in [6.07, 6.45) is 0.902. The van der Waals surface area contributed by atoms with Crippen LogP contribution in [0.15, 0.2) is 46.9 Å². The highest BCUT2D eigenvalue weighted by atomic mass is 79.9. The van der Waals surface area contributed by atoms with Gasteiger partial charge in [0.25, 0.3) is 5.91 Å². The number of hydrogen-bond acceptors (Lipinski definition) is 9. The van der Waals surface area contributed by atoms with Gasteiger partial charge in [0.1, 0.15) is 5.75 Å². The summed E-state index contributed by atoms with van der Waals surface area (Å²) in [4.78, 5) is 39.3. The van der Waals surface area contributed by atoms with Crippen molar-refractivity contribution in [3.8, 4) is 21.9 Å². The van der Waals surface area contributed by atoms with E-state index in [-0.39, 0.29) is 41.6 Å². The summed E-state index contributed by atoms with van der Waals surface area (Å²) >= 11 is 4.73. The Labute approximate surface area is 270 Å². The largest absolute Gasteiger partial charge is 0.480 e. The number of rotatable bonds is 12. The molecule has 9 nitrogen and oxygen atoms in total. The Bertz CT molecular complexity index is 1480. The molecule has 1 saturated heterocycles. The SMILES string of the molecule is CCOC(=O)COc1c(C(=O)OC)sc(-c2cccc(OC(C(=O)Nc3c(C)cccc3C(C)C)C3CCNCC3)c2)c1Br. The highest BCUT2D eigenvalue weighted by Gasteiger charge is 2.33. The van der Waals surface area contributed by atoms with Gasteiger partial charge in [-0.05, 0) is 90.4 Å². The molecule has 1 atom stereocenters. The minimum Gasteiger partial charge on any atom is -0.480 e. The van der Waals surface area contributed by atoms with Crippen molar-refractivity contribution >= 4 is 50.8 Å². The third-order valence-electron chi connectivity index (χ3n) is 7.42. The van der Waals surface area contributed by atoms with Gasteiger partial charge < -0.3 is 29.6 Å². The first-order valence-electron chi connectivity index (χ1n) is 14.7. The van der Waals surface area contributed by atoms with E-state index in [0.717, 1.165) is 59.6 Å². The summed E-state index contributed by atoms with van der Waals surface area (Å²) in [7, 11) is 1.28. The van der Waals surface area contributed by atoms with E-state index in [9.17, 15) is 14.4 Å². The summed E-state index contributed by atoms with van der Waals surface area (Å²) in [5.41, 5.74) is 3.65. The molecule has 4 rings (SSSR count). The molecule has 1 fully saturated rings. The molecule has 2 N–H and O–H groups in total. The highest BCUT2D eigenvalue weighted by molar-refractivity contribution is 9.10. The number of anilines is 1.